The van der Waals surface area contributed by atoms with E-state index in [-0.39, 0.29) is 17.9 Å². The van der Waals surface area contributed by atoms with E-state index in [0.29, 0.717) is 0 Å². The second kappa shape index (κ2) is 7.07. The number of nitro benzene ring substituents is 1. The van der Waals surface area contributed by atoms with Crippen LogP contribution in [0.5, 0.6) is 5.75 Å². The van der Waals surface area contributed by atoms with Gasteiger partial charge in [-0.1, -0.05) is 19.1 Å². The summed E-state index contributed by atoms with van der Waals surface area (Å²) in [6.07, 6.45) is 0.229. The van der Waals surface area contributed by atoms with E-state index in [1.165, 1.54) is 24.3 Å². The van der Waals surface area contributed by atoms with E-state index in [9.17, 15) is 19.7 Å². The van der Waals surface area contributed by atoms with Crippen molar-refractivity contribution in [1.29, 1.82) is 0 Å². The van der Waals surface area contributed by atoms with Crippen LogP contribution in [0.4, 0.5) is 5.69 Å². The van der Waals surface area contributed by atoms with Gasteiger partial charge in [0, 0.05) is 6.07 Å². The molecule has 0 radical (unpaired) electrons. The van der Waals surface area contributed by atoms with Crippen molar-refractivity contribution in [3.63, 3.8) is 0 Å². The molecular formula is C12H14N2O6. The van der Waals surface area contributed by atoms with Gasteiger partial charge in [-0.15, -0.1) is 0 Å². The van der Waals surface area contributed by atoms with Gasteiger partial charge in [0.2, 0.25) is 0 Å². The smallest absolute Gasteiger partial charge is 0.326 e. The molecule has 0 saturated carbocycles. The standard InChI is InChI=1S/C12H14N2O6/c1-2-8(12(16)17)13-11(15)7-20-10-6-4-3-5-9(10)14(18)19/h3-6,8H,2,7H2,1H3,(H,13,15)(H,16,17). The molecule has 0 aliphatic heterocycles. The molecule has 20 heavy (non-hydrogen) atoms. The Hall–Kier alpha value is -2.64. The summed E-state index contributed by atoms with van der Waals surface area (Å²) in [4.78, 5) is 32.3. The van der Waals surface area contributed by atoms with Crippen molar-refractivity contribution in [3.8, 4) is 5.75 Å². The second-order valence-corrected chi connectivity index (χ2v) is 3.88. The quantitative estimate of drug-likeness (QED) is 0.567. The van der Waals surface area contributed by atoms with Crippen LogP contribution in [0.3, 0.4) is 0 Å². The summed E-state index contributed by atoms with van der Waals surface area (Å²) in [6, 6.07) is 4.62. The third-order valence-corrected chi connectivity index (χ3v) is 2.46. The lowest BCUT2D eigenvalue weighted by Crippen LogP contribution is -2.42. The summed E-state index contributed by atoms with van der Waals surface area (Å²) in [5.74, 6) is -1.85. The Bertz CT molecular complexity index is 516. The van der Waals surface area contributed by atoms with Gasteiger partial charge in [-0.25, -0.2) is 4.79 Å². The zero-order valence-corrected chi connectivity index (χ0v) is 10.7. The number of amides is 1. The van der Waals surface area contributed by atoms with Crippen molar-refractivity contribution in [3.05, 3.63) is 34.4 Å². The minimum atomic E-state index is -1.15. The van der Waals surface area contributed by atoms with E-state index in [4.69, 9.17) is 9.84 Å². The number of aliphatic carboxylic acids is 1. The van der Waals surface area contributed by atoms with Gasteiger partial charge in [0.15, 0.2) is 12.4 Å². The Balaban J connectivity index is 2.61. The molecule has 1 unspecified atom stereocenters. The van der Waals surface area contributed by atoms with E-state index in [1.54, 1.807) is 6.92 Å². The summed E-state index contributed by atoms with van der Waals surface area (Å²) < 4.78 is 5.04. The summed E-state index contributed by atoms with van der Waals surface area (Å²) in [7, 11) is 0. The lowest BCUT2D eigenvalue weighted by atomic mass is 10.2. The third kappa shape index (κ3) is 4.23. The number of carbonyl (C=O) groups excluding carboxylic acids is 1. The number of rotatable bonds is 7. The van der Waals surface area contributed by atoms with E-state index < -0.39 is 29.4 Å². The molecule has 8 heteroatoms. The molecular weight excluding hydrogens is 268 g/mol. The molecule has 0 aromatic heterocycles. The van der Waals surface area contributed by atoms with Crippen LogP contribution >= 0.6 is 0 Å². The van der Waals surface area contributed by atoms with Crippen molar-refractivity contribution < 1.29 is 24.4 Å². The Kier molecular flexibility index (Phi) is 5.45. The zero-order valence-electron chi connectivity index (χ0n) is 10.7. The molecule has 0 bridgehead atoms. The number of nitrogens with one attached hydrogen (secondary N) is 1. The molecule has 0 aliphatic rings. The van der Waals surface area contributed by atoms with Crippen molar-refractivity contribution in [1.82, 2.24) is 5.32 Å². The number of carbonyl (C=O) groups is 2. The molecule has 2 N–H and O–H groups in total. The normalized spacial score (nSPS) is 11.4. The number of ether oxygens (including phenoxy) is 1. The maximum atomic E-state index is 11.5. The maximum Gasteiger partial charge on any atom is 0.326 e. The van der Waals surface area contributed by atoms with Gasteiger partial charge in [0.25, 0.3) is 5.91 Å². The number of benzene rings is 1. The molecule has 1 amide bonds. The molecule has 0 spiro atoms. The molecule has 0 heterocycles. The minimum absolute atomic E-state index is 0.0453. The van der Waals surface area contributed by atoms with E-state index in [0.717, 1.165) is 0 Å². The first-order valence-corrected chi connectivity index (χ1v) is 5.84. The van der Waals surface area contributed by atoms with Crippen LogP contribution in [-0.2, 0) is 9.59 Å². The van der Waals surface area contributed by atoms with Crippen LogP contribution in [0.25, 0.3) is 0 Å². The van der Waals surface area contributed by atoms with E-state index >= 15 is 0 Å². The predicted octanol–water partition coefficient (Wildman–Crippen LogP) is 0.953. The lowest BCUT2D eigenvalue weighted by Gasteiger charge is -2.12. The molecule has 108 valence electrons. The molecule has 1 atom stereocenters. The average molecular weight is 282 g/mol. The first-order valence-electron chi connectivity index (χ1n) is 5.84. The number of carboxylic acid groups (broad SMARTS) is 1. The predicted molar refractivity (Wildman–Crippen MR) is 68.4 cm³/mol. The van der Waals surface area contributed by atoms with Crippen molar-refractivity contribution in [2.24, 2.45) is 0 Å². The van der Waals surface area contributed by atoms with Gasteiger partial charge in [-0.05, 0) is 12.5 Å². The van der Waals surface area contributed by atoms with Gasteiger partial charge in [0.05, 0.1) is 4.92 Å². The van der Waals surface area contributed by atoms with Crippen LogP contribution in [-0.4, -0.2) is 34.6 Å². The van der Waals surface area contributed by atoms with Crippen LogP contribution in [0.15, 0.2) is 24.3 Å². The Morgan fingerprint density at radius 1 is 1.45 bits per heavy atom. The molecule has 1 aromatic rings. The van der Waals surface area contributed by atoms with Gasteiger partial charge < -0.3 is 15.2 Å². The SMILES string of the molecule is CCC(NC(=O)COc1ccccc1[N+](=O)[O-])C(=O)O. The third-order valence-electron chi connectivity index (χ3n) is 2.46. The Morgan fingerprint density at radius 3 is 2.65 bits per heavy atom. The van der Waals surface area contributed by atoms with Crippen LogP contribution in [0.1, 0.15) is 13.3 Å². The lowest BCUT2D eigenvalue weighted by molar-refractivity contribution is -0.385. The van der Waals surface area contributed by atoms with Gasteiger partial charge in [0.1, 0.15) is 6.04 Å². The second-order valence-electron chi connectivity index (χ2n) is 3.88. The van der Waals surface area contributed by atoms with E-state index in [2.05, 4.69) is 5.32 Å². The summed E-state index contributed by atoms with van der Waals surface area (Å²) in [6.45, 7) is 1.12. The fourth-order valence-corrected chi connectivity index (χ4v) is 1.45. The number of nitrogens with zero attached hydrogens (tertiary/aromatic N) is 1. The van der Waals surface area contributed by atoms with Gasteiger partial charge >= 0.3 is 11.7 Å². The molecule has 0 aliphatic carbocycles. The summed E-state index contributed by atoms with van der Waals surface area (Å²) in [5.41, 5.74) is -0.259. The highest BCUT2D eigenvalue weighted by Gasteiger charge is 2.19. The average Bonchev–Trinajstić information content (AvgIpc) is 2.42. The van der Waals surface area contributed by atoms with E-state index in [1.807, 2.05) is 0 Å². The number of carboxylic acids is 1. The first kappa shape index (κ1) is 15.4. The number of nitro groups is 1. The molecule has 0 saturated heterocycles. The highest BCUT2D eigenvalue weighted by molar-refractivity contribution is 5.84. The molecule has 8 nitrogen and oxygen atoms in total. The number of hydrogen-bond donors (Lipinski definition) is 2. The molecule has 1 aromatic carbocycles. The van der Waals surface area contributed by atoms with Crippen molar-refractivity contribution >= 4 is 17.6 Å². The van der Waals surface area contributed by atoms with Crippen LogP contribution in [0, 0.1) is 10.1 Å². The molecule has 0 fully saturated rings. The van der Waals surface area contributed by atoms with Gasteiger partial charge in [-0.2, -0.15) is 0 Å². The summed E-state index contributed by atoms with van der Waals surface area (Å²) >= 11 is 0. The zero-order chi connectivity index (χ0) is 15.1. The Morgan fingerprint density at radius 2 is 2.10 bits per heavy atom. The largest absolute Gasteiger partial charge is 0.480 e. The highest BCUT2D eigenvalue weighted by Crippen LogP contribution is 2.25. The van der Waals surface area contributed by atoms with Crippen molar-refractivity contribution in [2.75, 3.05) is 6.61 Å². The fraction of sp³-hybridized carbons (Fsp3) is 0.333. The minimum Gasteiger partial charge on any atom is -0.480 e. The number of para-hydroxylation sites is 2. The highest BCUT2D eigenvalue weighted by atomic mass is 16.6. The van der Waals surface area contributed by atoms with Crippen LogP contribution < -0.4 is 10.1 Å². The van der Waals surface area contributed by atoms with Crippen molar-refractivity contribution in [2.45, 2.75) is 19.4 Å². The monoisotopic (exact) mass is 282 g/mol. The number of hydrogen-bond acceptors (Lipinski definition) is 5. The van der Waals surface area contributed by atoms with Gasteiger partial charge in [-0.3, -0.25) is 14.9 Å². The fourth-order valence-electron chi connectivity index (χ4n) is 1.45. The topological polar surface area (TPSA) is 119 Å². The summed E-state index contributed by atoms with van der Waals surface area (Å²) in [5, 5.41) is 21.8. The molecule has 1 rings (SSSR count). The first-order chi connectivity index (χ1) is 9.45. The van der Waals surface area contributed by atoms with Crippen LogP contribution in [0.2, 0.25) is 0 Å². The Labute approximate surface area is 114 Å². The maximum absolute atomic E-state index is 11.5.